The van der Waals surface area contributed by atoms with Crippen LogP contribution < -0.4 is 0 Å². The Balaban J connectivity index is 2.39. The van der Waals surface area contributed by atoms with Crippen LogP contribution in [0.1, 0.15) is 5.82 Å². The second kappa shape index (κ2) is 3.72. The third-order valence-electron chi connectivity index (χ3n) is 2.53. The molecule has 0 amide bonds. The normalized spacial score (nSPS) is 10.3. The monoisotopic (exact) mass is 220 g/mol. The van der Waals surface area contributed by atoms with Gasteiger partial charge in [-0.2, -0.15) is 5.26 Å². The summed E-state index contributed by atoms with van der Waals surface area (Å²) in [5.41, 5.74) is 2.33. The van der Waals surface area contributed by atoms with Crippen molar-refractivity contribution in [3.05, 3.63) is 54.5 Å². The lowest BCUT2D eigenvalue weighted by Crippen LogP contribution is -1.98. The fraction of sp³-hybridized carbons (Fsp3) is 0. The molecule has 80 valence electrons. The number of hydrogen-bond donors (Lipinski definition) is 0. The van der Waals surface area contributed by atoms with Crippen LogP contribution in [0.3, 0.4) is 0 Å². The summed E-state index contributed by atoms with van der Waals surface area (Å²) in [4.78, 5) is 8.52. The summed E-state index contributed by atoms with van der Waals surface area (Å²) in [5, 5.41) is 9.12. The fourth-order valence-electron chi connectivity index (χ4n) is 1.81. The average Bonchev–Trinajstić information content (AvgIpc) is 2.78. The highest BCUT2D eigenvalue weighted by molar-refractivity contribution is 5.74. The maximum Gasteiger partial charge on any atom is 0.219 e. The van der Waals surface area contributed by atoms with Crippen LogP contribution in [0.15, 0.2) is 48.7 Å². The fourth-order valence-corrected chi connectivity index (χ4v) is 1.81. The lowest BCUT2D eigenvalue weighted by atomic mass is 10.3. The van der Waals surface area contributed by atoms with Gasteiger partial charge in [-0.3, -0.25) is 4.57 Å². The van der Waals surface area contributed by atoms with E-state index in [1.54, 1.807) is 10.8 Å². The Morgan fingerprint density at radius 1 is 1.06 bits per heavy atom. The molecule has 2 aromatic heterocycles. The van der Waals surface area contributed by atoms with Gasteiger partial charge in [0.05, 0.1) is 0 Å². The third kappa shape index (κ3) is 1.45. The van der Waals surface area contributed by atoms with Crippen molar-refractivity contribution in [2.24, 2.45) is 0 Å². The van der Waals surface area contributed by atoms with Crippen LogP contribution in [0.5, 0.6) is 0 Å². The summed E-state index contributed by atoms with van der Waals surface area (Å²) in [5.74, 6) is 0.352. The molecule has 4 heteroatoms. The van der Waals surface area contributed by atoms with E-state index < -0.39 is 0 Å². The molecular weight excluding hydrogens is 212 g/mol. The topological polar surface area (TPSA) is 54.5 Å². The predicted octanol–water partition coefficient (Wildman–Crippen LogP) is 2.29. The van der Waals surface area contributed by atoms with Crippen molar-refractivity contribution in [3.63, 3.8) is 0 Å². The van der Waals surface area contributed by atoms with E-state index in [9.17, 15) is 0 Å². The number of nitriles is 1. The van der Waals surface area contributed by atoms with Crippen LogP contribution in [0.2, 0.25) is 0 Å². The molecule has 0 spiro atoms. The van der Waals surface area contributed by atoms with Gasteiger partial charge in [-0.15, -0.1) is 0 Å². The molecule has 4 nitrogen and oxygen atoms in total. The third-order valence-corrected chi connectivity index (χ3v) is 2.53. The number of benzene rings is 1. The zero-order chi connectivity index (χ0) is 11.7. The highest BCUT2D eigenvalue weighted by Crippen LogP contribution is 2.18. The molecule has 17 heavy (non-hydrogen) atoms. The molecule has 0 aliphatic carbocycles. The minimum absolute atomic E-state index is 0.352. The first-order valence-corrected chi connectivity index (χ1v) is 5.19. The van der Waals surface area contributed by atoms with Gasteiger partial charge in [0.1, 0.15) is 11.6 Å². The molecule has 0 atom stereocenters. The molecule has 0 aliphatic rings. The summed E-state index contributed by atoms with van der Waals surface area (Å²) in [6, 6.07) is 15.4. The summed E-state index contributed by atoms with van der Waals surface area (Å²) in [6.45, 7) is 0. The van der Waals surface area contributed by atoms with Gasteiger partial charge in [0, 0.05) is 11.9 Å². The number of pyridine rings is 1. The summed E-state index contributed by atoms with van der Waals surface area (Å²) < 4.78 is 1.76. The standard InChI is InChI=1S/C13H8N4/c14-9-12-16-11-7-4-8-15-13(11)17(12)10-5-2-1-3-6-10/h1-8H. The van der Waals surface area contributed by atoms with Crippen LogP contribution >= 0.6 is 0 Å². The van der Waals surface area contributed by atoms with Gasteiger partial charge in [0.25, 0.3) is 0 Å². The molecule has 0 fully saturated rings. The minimum atomic E-state index is 0.352. The van der Waals surface area contributed by atoms with Gasteiger partial charge in [-0.1, -0.05) is 18.2 Å². The number of hydrogen-bond acceptors (Lipinski definition) is 3. The quantitative estimate of drug-likeness (QED) is 0.632. The number of para-hydroxylation sites is 1. The number of nitrogens with zero attached hydrogens (tertiary/aromatic N) is 4. The van der Waals surface area contributed by atoms with E-state index in [-0.39, 0.29) is 0 Å². The molecule has 1 aromatic carbocycles. The van der Waals surface area contributed by atoms with Gasteiger partial charge >= 0.3 is 0 Å². The molecule has 0 saturated heterocycles. The maximum absolute atomic E-state index is 9.12. The molecule has 3 rings (SSSR count). The Hall–Kier alpha value is -2.67. The highest BCUT2D eigenvalue weighted by atomic mass is 15.1. The van der Waals surface area contributed by atoms with Crippen molar-refractivity contribution >= 4 is 11.2 Å². The summed E-state index contributed by atoms with van der Waals surface area (Å²) in [6.07, 6.45) is 1.70. The van der Waals surface area contributed by atoms with Gasteiger partial charge in [0.15, 0.2) is 5.65 Å². The number of fused-ring (bicyclic) bond motifs is 1. The highest BCUT2D eigenvalue weighted by Gasteiger charge is 2.11. The van der Waals surface area contributed by atoms with E-state index in [0.717, 1.165) is 11.2 Å². The van der Waals surface area contributed by atoms with Crippen LogP contribution in [0.25, 0.3) is 16.9 Å². The van der Waals surface area contributed by atoms with E-state index in [4.69, 9.17) is 5.26 Å². The number of rotatable bonds is 1. The van der Waals surface area contributed by atoms with Crippen molar-refractivity contribution < 1.29 is 0 Å². The zero-order valence-electron chi connectivity index (χ0n) is 8.91. The van der Waals surface area contributed by atoms with Gasteiger partial charge in [0.2, 0.25) is 5.82 Å². The van der Waals surface area contributed by atoms with E-state index >= 15 is 0 Å². The Morgan fingerprint density at radius 3 is 2.65 bits per heavy atom. The van der Waals surface area contributed by atoms with E-state index in [1.165, 1.54) is 0 Å². The zero-order valence-corrected chi connectivity index (χ0v) is 8.91. The van der Waals surface area contributed by atoms with Crippen LogP contribution in [0, 0.1) is 11.3 Å². The second-order valence-corrected chi connectivity index (χ2v) is 3.56. The first-order chi connectivity index (χ1) is 8.40. The summed E-state index contributed by atoms with van der Waals surface area (Å²) >= 11 is 0. The second-order valence-electron chi connectivity index (χ2n) is 3.56. The van der Waals surface area contributed by atoms with Crippen molar-refractivity contribution in [1.29, 1.82) is 5.26 Å². The Morgan fingerprint density at radius 2 is 1.88 bits per heavy atom. The lowest BCUT2D eigenvalue weighted by molar-refractivity contribution is 1.03. The number of aromatic nitrogens is 3. The molecule has 0 bridgehead atoms. The average molecular weight is 220 g/mol. The van der Waals surface area contributed by atoms with E-state index in [2.05, 4.69) is 16.0 Å². The molecule has 0 unspecified atom stereocenters. The maximum atomic E-state index is 9.12. The molecular formula is C13H8N4. The van der Waals surface area contributed by atoms with Gasteiger partial charge < -0.3 is 0 Å². The molecule has 0 aliphatic heterocycles. The molecule has 0 saturated carbocycles. The Labute approximate surface area is 97.8 Å². The number of imidazole rings is 1. The Bertz CT molecular complexity index is 707. The van der Waals surface area contributed by atoms with Gasteiger partial charge in [-0.05, 0) is 24.3 Å². The molecule has 2 heterocycles. The SMILES string of the molecule is N#Cc1nc2cccnc2n1-c1ccccc1. The smallest absolute Gasteiger partial charge is 0.219 e. The van der Waals surface area contributed by atoms with E-state index in [1.807, 2.05) is 42.5 Å². The largest absolute Gasteiger partial charge is 0.268 e. The van der Waals surface area contributed by atoms with Crippen molar-refractivity contribution in [2.45, 2.75) is 0 Å². The molecule has 0 N–H and O–H groups in total. The molecule has 3 aromatic rings. The predicted molar refractivity (Wildman–Crippen MR) is 63.6 cm³/mol. The molecule has 0 radical (unpaired) electrons. The first kappa shape index (κ1) is 9.55. The van der Waals surface area contributed by atoms with Crippen molar-refractivity contribution in [2.75, 3.05) is 0 Å². The van der Waals surface area contributed by atoms with Crippen molar-refractivity contribution in [1.82, 2.24) is 14.5 Å². The van der Waals surface area contributed by atoms with Crippen LogP contribution in [-0.2, 0) is 0 Å². The minimum Gasteiger partial charge on any atom is -0.268 e. The van der Waals surface area contributed by atoms with E-state index in [0.29, 0.717) is 11.5 Å². The first-order valence-electron chi connectivity index (χ1n) is 5.19. The Kier molecular flexibility index (Phi) is 2.09. The lowest BCUT2D eigenvalue weighted by Gasteiger charge is -2.03. The summed E-state index contributed by atoms with van der Waals surface area (Å²) in [7, 11) is 0. The van der Waals surface area contributed by atoms with Crippen molar-refractivity contribution in [3.8, 4) is 11.8 Å². The van der Waals surface area contributed by atoms with Crippen LogP contribution in [0.4, 0.5) is 0 Å². The van der Waals surface area contributed by atoms with Crippen LogP contribution in [-0.4, -0.2) is 14.5 Å². The van der Waals surface area contributed by atoms with Gasteiger partial charge in [-0.25, -0.2) is 9.97 Å².